The van der Waals surface area contributed by atoms with Crippen LogP contribution in [-0.2, 0) is 28.9 Å². The van der Waals surface area contributed by atoms with Gasteiger partial charge in [0.2, 0.25) is 5.89 Å². The second-order valence-electron chi connectivity index (χ2n) is 9.56. The molecule has 0 bridgehead atoms. The minimum absolute atomic E-state index is 0.0160. The summed E-state index contributed by atoms with van der Waals surface area (Å²) in [5.41, 5.74) is 3.19. The molecule has 4 aromatic rings. The van der Waals surface area contributed by atoms with Crippen LogP contribution in [0.2, 0.25) is 0 Å². The number of aryl methyl sites for hydroxylation is 2. The molecule has 0 radical (unpaired) electrons. The zero-order valence-corrected chi connectivity index (χ0v) is 23.3. The number of nitrogens with one attached hydrogen (secondary N) is 1. The van der Waals surface area contributed by atoms with Crippen molar-refractivity contribution in [3.8, 4) is 28.7 Å². The lowest BCUT2D eigenvalue weighted by atomic mass is 10.0. The molecule has 0 saturated carbocycles. The van der Waals surface area contributed by atoms with E-state index in [0.717, 1.165) is 22.4 Å². The fourth-order valence-corrected chi connectivity index (χ4v) is 4.02. The number of benzene rings is 2. The average Bonchev–Trinajstić information content (AvgIpc) is 3.32. The number of carboxylic acid groups (broad SMARTS) is 1. The van der Waals surface area contributed by atoms with Crippen LogP contribution < -0.4 is 14.8 Å². The van der Waals surface area contributed by atoms with Crippen LogP contribution in [-0.4, -0.2) is 39.8 Å². The van der Waals surface area contributed by atoms with Crippen molar-refractivity contribution in [3.05, 3.63) is 89.6 Å². The van der Waals surface area contributed by atoms with Gasteiger partial charge in [0.25, 0.3) is 0 Å². The SMILES string of the molecule is Cc1oc(-c2ccc(Oc3ccncc3)cc2)nc1CCOc1ccc(CCC(=O)O)c(CNC(=O)OC(C)C)c1. The molecular weight excluding hydrogens is 526 g/mol. The monoisotopic (exact) mass is 559 g/mol. The summed E-state index contributed by atoms with van der Waals surface area (Å²) in [6, 6.07) is 16.5. The summed E-state index contributed by atoms with van der Waals surface area (Å²) in [5.74, 6) is 2.33. The van der Waals surface area contributed by atoms with E-state index in [1.54, 1.807) is 44.4 Å². The molecule has 41 heavy (non-hydrogen) atoms. The molecule has 0 spiro atoms. The van der Waals surface area contributed by atoms with Crippen molar-refractivity contribution >= 4 is 12.1 Å². The summed E-state index contributed by atoms with van der Waals surface area (Å²) in [7, 11) is 0. The van der Waals surface area contributed by atoms with Crippen LogP contribution in [0.25, 0.3) is 11.5 Å². The van der Waals surface area contributed by atoms with Crippen LogP contribution in [0.15, 0.2) is 71.4 Å². The standard InChI is InChI=1S/C31H33N3O7/c1-20(2)39-31(37)33-19-24-18-27(10-4-22(24)7-11-29(35)36)38-17-14-28-21(3)40-30(34-28)23-5-8-25(9-6-23)41-26-12-15-32-16-13-26/h4-6,8-10,12-13,15-16,18,20H,7,11,14,17,19H2,1-3H3,(H,33,37)(H,35,36). The Bertz CT molecular complexity index is 1450. The Balaban J connectivity index is 1.36. The Labute approximate surface area is 238 Å². The second kappa shape index (κ2) is 14.0. The number of carbonyl (C=O) groups is 2. The molecule has 0 unspecified atom stereocenters. The number of alkyl carbamates (subject to hydrolysis) is 1. The van der Waals surface area contributed by atoms with Crippen LogP contribution in [0.3, 0.4) is 0 Å². The van der Waals surface area contributed by atoms with Gasteiger partial charge in [-0.05, 0) is 86.8 Å². The molecule has 2 aromatic carbocycles. The number of ether oxygens (including phenoxy) is 3. The molecule has 2 aromatic heterocycles. The average molecular weight is 560 g/mol. The largest absolute Gasteiger partial charge is 0.493 e. The van der Waals surface area contributed by atoms with Gasteiger partial charge in [0, 0.05) is 37.3 Å². The fourth-order valence-electron chi connectivity index (χ4n) is 4.02. The number of rotatable bonds is 13. The number of carboxylic acids is 1. The van der Waals surface area contributed by atoms with Crippen molar-refractivity contribution in [3.63, 3.8) is 0 Å². The molecule has 1 amide bonds. The van der Waals surface area contributed by atoms with Gasteiger partial charge in [-0.3, -0.25) is 9.78 Å². The molecule has 2 heterocycles. The van der Waals surface area contributed by atoms with E-state index in [9.17, 15) is 9.59 Å². The Morgan fingerprint density at radius 2 is 1.66 bits per heavy atom. The Morgan fingerprint density at radius 1 is 0.951 bits per heavy atom. The van der Waals surface area contributed by atoms with E-state index in [1.165, 1.54) is 0 Å². The zero-order chi connectivity index (χ0) is 29.2. The van der Waals surface area contributed by atoms with Gasteiger partial charge in [0.1, 0.15) is 23.0 Å². The number of aliphatic carboxylic acids is 1. The predicted molar refractivity (Wildman–Crippen MR) is 151 cm³/mol. The molecule has 214 valence electrons. The van der Waals surface area contributed by atoms with Crippen molar-refractivity contribution < 1.29 is 33.3 Å². The molecule has 0 atom stereocenters. The third kappa shape index (κ3) is 8.82. The first-order valence-electron chi connectivity index (χ1n) is 13.3. The van der Waals surface area contributed by atoms with Gasteiger partial charge >= 0.3 is 12.1 Å². The number of nitrogens with zero attached hydrogens (tertiary/aromatic N) is 2. The number of pyridine rings is 1. The van der Waals surface area contributed by atoms with E-state index in [-0.39, 0.29) is 19.1 Å². The highest BCUT2D eigenvalue weighted by Gasteiger charge is 2.14. The van der Waals surface area contributed by atoms with Gasteiger partial charge in [-0.15, -0.1) is 0 Å². The molecule has 0 fully saturated rings. The minimum Gasteiger partial charge on any atom is -0.493 e. The molecule has 4 rings (SSSR count). The highest BCUT2D eigenvalue weighted by Crippen LogP contribution is 2.27. The van der Waals surface area contributed by atoms with E-state index in [1.807, 2.05) is 43.3 Å². The lowest BCUT2D eigenvalue weighted by Gasteiger charge is -2.14. The second-order valence-corrected chi connectivity index (χ2v) is 9.56. The highest BCUT2D eigenvalue weighted by molar-refractivity contribution is 5.68. The first kappa shape index (κ1) is 29.1. The van der Waals surface area contributed by atoms with Gasteiger partial charge in [0.15, 0.2) is 0 Å². The van der Waals surface area contributed by atoms with E-state index < -0.39 is 12.1 Å². The minimum atomic E-state index is -0.889. The van der Waals surface area contributed by atoms with Crippen molar-refractivity contribution in [2.24, 2.45) is 0 Å². The first-order chi connectivity index (χ1) is 19.8. The maximum Gasteiger partial charge on any atom is 0.407 e. The molecule has 2 N–H and O–H groups in total. The van der Waals surface area contributed by atoms with Crippen LogP contribution in [0, 0.1) is 6.92 Å². The number of hydrogen-bond donors (Lipinski definition) is 2. The summed E-state index contributed by atoms with van der Waals surface area (Å²) < 4.78 is 22.8. The zero-order valence-electron chi connectivity index (χ0n) is 23.3. The summed E-state index contributed by atoms with van der Waals surface area (Å²) in [4.78, 5) is 31.7. The molecule has 0 aliphatic heterocycles. The third-order valence-electron chi connectivity index (χ3n) is 6.04. The van der Waals surface area contributed by atoms with Gasteiger partial charge in [-0.25, -0.2) is 9.78 Å². The van der Waals surface area contributed by atoms with Crippen molar-refractivity contribution in [2.45, 2.75) is 52.7 Å². The Morgan fingerprint density at radius 3 is 2.37 bits per heavy atom. The fraction of sp³-hybridized carbons (Fsp3) is 0.290. The maximum absolute atomic E-state index is 12.0. The lowest BCUT2D eigenvalue weighted by molar-refractivity contribution is -0.136. The number of amides is 1. The topological polar surface area (TPSA) is 133 Å². The van der Waals surface area contributed by atoms with Gasteiger partial charge in [0.05, 0.1) is 18.4 Å². The molecule has 10 nitrogen and oxygen atoms in total. The Hall–Kier alpha value is -4.86. The van der Waals surface area contributed by atoms with Crippen molar-refractivity contribution in [1.29, 1.82) is 0 Å². The number of hydrogen-bond acceptors (Lipinski definition) is 8. The Kier molecular flexibility index (Phi) is 9.93. The van der Waals surface area contributed by atoms with E-state index >= 15 is 0 Å². The van der Waals surface area contributed by atoms with Gasteiger partial charge in [-0.1, -0.05) is 6.07 Å². The van der Waals surface area contributed by atoms with E-state index in [4.69, 9.17) is 23.7 Å². The lowest BCUT2D eigenvalue weighted by Crippen LogP contribution is -2.26. The smallest absolute Gasteiger partial charge is 0.407 e. The number of aromatic nitrogens is 2. The first-order valence-corrected chi connectivity index (χ1v) is 13.3. The van der Waals surface area contributed by atoms with Crippen LogP contribution in [0.4, 0.5) is 4.79 Å². The van der Waals surface area contributed by atoms with Gasteiger partial charge in [-0.2, -0.15) is 0 Å². The van der Waals surface area contributed by atoms with Crippen molar-refractivity contribution in [2.75, 3.05) is 6.61 Å². The highest BCUT2D eigenvalue weighted by atomic mass is 16.6. The summed E-state index contributed by atoms with van der Waals surface area (Å²) >= 11 is 0. The van der Waals surface area contributed by atoms with E-state index in [2.05, 4.69) is 15.3 Å². The summed E-state index contributed by atoms with van der Waals surface area (Å²) in [6.07, 6.45) is 3.40. The molecule has 0 aliphatic carbocycles. The normalized spacial score (nSPS) is 10.8. The number of oxazole rings is 1. The summed E-state index contributed by atoms with van der Waals surface area (Å²) in [6.45, 7) is 5.94. The predicted octanol–water partition coefficient (Wildman–Crippen LogP) is 6.11. The van der Waals surface area contributed by atoms with Crippen molar-refractivity contribution in [1.82, 2.24) is 15.3 Å². The summed E-state index contributed by atoms with van der Waals surface area (Å²) in [5, 5.41) is 11.8. The third-order valence-corrected chi connectivity index (χ3v) is 6.04. The molecular formula is C31H33N3O7. The van der Waals surface area contributed by atoms with Gasteiger partial charge < -0.3 is 29.1 Å². The maximum atomic E-state index is 12.0. The quantitative estimate of drug-likeness (QED) is 0.199. The van der Waals surface area contributed by atoms with Crippen LogP contribution >= 0.6 is 0 Å². The molecule has 0 saturated heterocycles. The molecule has 10 heteroatoms. The van der Waals surface area contributed by atoms with E-state index in [0.29, 0.717) is 48.3 Å². The molecule has 0 aliphatic rings. The van der Waals surface area contributed by atoms with Crippen LogP contribution in [0.1, 0.15) is 42.8 Å². The van der Waals surface area contributed by atoms with Crippen LogP contribution in [0.5, 0.6) is 17.2 Å². The number of carbonyl (C=O) groups excluding carboxylic acids is 1.